The average molecular weight is 297 g/mol. The standard InChI is InChI=1S/C16H12FN3O2/c17-12-3-1-2-11(6-12)4-5-13-7-15-19(16(21)18-13)8-14-9-22-10-20(14)15/h1-3,6-7,14H,8-10H2. The van der Waals surface area contributed by atoms with E-state index in [0.29, 0.717) is 31.1 Å². The van der Waals surface area contributed by atoms with Crippen LogP contribution in [0, 0.1) is 17.7 Å². The quantitative estimate of drug-likeness (QED) is 0.680. The molecule has 2 aromatic rings. The van der Waals surface area contributed by atoms with Gasteiger partial charge < -0.3 is 9.64 Å². The number of hydrogen-bond acceptors (Lipinski definition) is 4. The van der Waals surface area contributed by atoms with Gasteiger partial charge in [-0.3, -0.25) is 4.57 Å². The number of ether oxygens (including phenoxy) is 1. The molecule has 1 aromatic heterocycles. The van der Waals surface area contributed by atoms with Crippen molar-refractivity contribution in [3.63, 3.8) is 0 Å². The van der Waals surface area contributed by atoms with Crippen LogP contribution in [0.4, 0.5) is 10.2 Å². The predicted molar refractivity (Wildman–Crippen MR) is 78.0 cm³/mol. The van der Waals surface area contributed by atoms with Crippen molar-refractivity contribution in [1.82, 2.24) is 9.55 Å². The molecule has 5 nitrogen and oxygen atoms in total. The van der Waals surface area contributed by atoms with E-state index in [0.717, 1.165) is 5.82 Å². The Hall–Kier alpha value is -2.65. The normalized spacial score (nSPS) is 18.6. The monoisotopic (exact) mass is 297 g/mol. The van der Waals surface area contributed by atoms with Crippen molar-refractivity contribution in [2.75, 3.05) is 18.2 Å². The van der Waals surface area contributed by atoms with E-state index in [1.54, 1.807) is 22.8 Å². The molecule has 1 unspecified atom stereocenters. The molecule has 0 amide bonds. The molecule has 0 N–H and O–H groups in total. The van der Waals surface area contributed by atoms with Gasteiger partial charge in [0.15, 0.2) is 0 Å². The highest BCUT2D eigenvalue weighted by Gasteiger charge is 2.34. The lowest BCUT2D eigenvalue weighted by atomic mass is 10.2. The summed E-state index contributed by atoms with van der Waals surface area (Å²) in [5.41, 5.74) is 0.619. The summed E-state index contributed by atoms with van der Waals surface area (Å²) in [6, 6.07) is 7.98. The number of halogens is 1. The van der Waals surface area contributed by atoms with E-state index in [4.69, 9.17) is 4.74 Å². The highest BCUT2D eigenvalue weighted by Crippen LogP contribution is 2.27. The first-order valence-electron chi connectivity index (χ1n) is 6.94. The molecule has 0 aliphatic carbocycles. The van der Waals surface area contributed by atoms with Gasteiger partial charge in [0.2, 0.25) is 0 Å². The molecule has 0 radical (unpaired) electrons. The first-order valence-corrected chi connectivity index (χ1v) is 6.94. The first kappa shape index (κ1) is 13.0. The largest absolute Gasteiger partial charge is 0.359 e. The Labute approximate surface area is 126 Å². The van der Waals surface area contributed by atoms with Gasteiger partial charge in [0, 0.05) is 11.6 Å². The summed E-state index contributed by atoms with van der Waals surface area (Å²) in [6.45, 7) is 1.69. The number of nitrogens with zero attached hydrogens (tertiary/aromatic N) is 3. The third kappa shape index (κ3) is 2.16. The van der Waals surface area contributed by atoms with Crippen LogP contribution in [-0.2, 0) is 11.3 Å². The van der Waals surface area contributed by atoms with Gasteiger partial charge in [-0.2, -0.15) is 4.98 Å². The van der Waals surface area contributed by atoms with E-state index in [1.165, 1.54) is 12.1 Å². The van der Waals surface area contributed by atoms with Crippen LogP contribution in [-0.4, -0.2) is 28.9 Å². The van der Waals surface area contributed by atoms with Crippen LogP contribution in [0.25, 0.3) is 0 Å². The van der Waals surface area contributed by atoms with Crippen LogP contribution in [0.2, 0.25) is 0 Å². The first-order chi connectivity index (χ1) is 10.7. The molecule has 22 heavy (non-hydrogen) atoms. The summed E-state index contributed by atoms with van der Waals surface area (Å²) in [6.07, 6.45) is 0. The van der Waals surface area contributed by atoms with Crippen LogP contribution in [0.15, 0.2) is 35.1 Å². The van der Waals surface area contributed by atoms with Crippen molar-refractivity contribution in [3.8, 4) is 11.8 Å². The lowest BCUT2D eigenvalue weighted by Gasteiger charge is -2.14. The van der Waals surface area contributed by atoms with E-state index >= 15 is 0 Å². The SMILES string of the molecule is O=c1nc(C#Cc2cccc(F)c2)cc2n1CC1COCN21. The fourth-order valence-corrected chi connectivity index (χ4v) is 2.77. The molecule has 110 valence electrons. The van der Waals surface area contributed by atoms with Gasteiger partial charge in [-0.05, 0) is 24.1 Å². The summed E-state index contributed by atoms with van der Waals surface area (Å²) < 4.78 is 20.2. The minimum atomic E-state index is -0.342. The summed E-state index contributed by atoms with van der Waals surface area (Å²) in [5, 5.41) is 0. The topological polar surface area (TPSA) is 47.4 Å². The van der Waals surface area contributed by atoms with Crippen LogP contribution >= 0.6 is 0 Å². The second-order valence-corrected chi connectivity index (χ2v) is 5.28. The van der Waals surface area contributed by atoms with Gasteiger partial charge >= 0.3 is 5.69 Å². The van der Waals surface area contributed by atoms with Gasteiger partial charge in [-0.25, -0.2) is 9.18 Å². The second-order valence-electron chi connectivity index (χ2n) is 5.28. The Morgan fingerprint density at radius 2 is 2.23 bits per heavy atom. The maximum absolute atomic E-state index is 13.1. The molecular weight excluding hydrogens is 285 g/mol. The molecule has 0 spiro atoms. The van der Waals surface area contributed by atoms with E-state index in [-0.39, 0.29) is 17.5 Å². The lowest BCUT2D eigenvalue weighted by molar-refractivity contribution is 0.189. The van der Waals surface area contributed by atoms with Gasteiger partial charge in [0.05, 0.1) is 19.2 Å². The Kier molecular flexibility index (Phi) is 2.94. The molecule has 1 saturated heterocycles. The minimum absolute atomic E-state index is 0.195. The third-order valence-electron chi connectivity index (χ3n) is 3.82. The number of fused-ring (bicyclic) bond motifs is 3. The van der Waals surface area contributed by atoms with E-state index in [9.17, 15) is 9.18 Å². The van der Waals surface area contributed by atoms with Crippen molar-refractivity contribution in [3.05, 3.63) is 57.9 Å². The Morgan fingerprint density at radius 1 is 1.32 bits per heavy atom. The Bertz CT molecular complexity index is 866. The molecule has 0 bridgehead atoms. The number of anilines is 1. The smallest absolute Gasteiger partial charge is 0.350 e. The number of benzene rings is 1. The molecule has 6 heteroatoms. The maximum atomic E-state index is 13.1. The Balaban J connectivity index is 1.72. The zero-order valence-corrected chi connectivity index (χ0v) is 11.6. The molecule has 2 aliphatic rings. The average Bonchev–Trinajstić information content (AvgIpc) is 3.07. The van der Waals surface area contributed by atoms with Crippen molar-refractivity contribution in [1.29, 1.82) is 0 Å². The van der Waals surface area contributed by atoms with E-state index in [2.05, 4.69) is 16.8 Å². The fourth-order valence-electron chi connectivity index (χ4n) is 2.77. The molecule has 1 fully saturated rings. The molecule has 1 atom stereocenters. The van der Waals surface area contributed by atoms with Crippen LogP contribution < -0.4 is 10.6 Å². The summed E-state index contributed by atoms with van der Waals surface area (Å²) in [4.78, 5) is 18.1. The maximum Gasteiger partial charge on any atom is 0.350 e. The van der Waals surface area contributed by atoms with Crippen molar-refractivity contribution >= 4 is 5.82 Å². The minimum Gasteiger partial charge on any atom is -0.359 e. The van der Waals surface area contributed by atoms with Gasteiger partial charge in [-0.1, -0.05) is 12.0 Å². The molecule has 2 aliphatic heterocycles. The summed E-state index contributed by atoms with van der Waals surface area (Å²) in [7, 11) is 0. The molecule has 3 heterocycles. The highest BCUT2D eigenvalue weighted by atomic mass is 19.1. The number of aromatic nitrogens is 2. The van der Waals surface area contributed by atoms with E-state index in [1.807, 2.05) is 4.90 Å². The lowest BCUT2D eigenvalue weighted by Crippen LogP contribution is -2.26. The molecule has 4 rings (SSSR count). The van der Waals surface area contributed by atoms with Crippen molar-refractivity contribution in [2.45, 2.75) is 12.6 Å². The van der Waals surface area contributed by atoms with Crippen LogP contribution in [0.5, 0.6) is 0 Å². The van der Waals surface area contributed by atoms with Crippen molar-refractivity contribution in [2.24, 2.45) is 0 Å². The zero-order valence-electron chi connectivity index (χ0n) is 11.6. The summed E-state index contributed by atoms with van der Waals surface area (Å²) in [5.74, 6) is 6.10. The van der Waals surface area contributed by atoms with Crippen LogP contribution in [0.1, 0.15) is 11.3 Å². The molecular formula is C16H12FN3O2. The molecule has 1 aromatic carbocycles. The number of hydrogen-bond donors (Lipinski definition) is 0. The zero-order chi connectivity index (χ0) is 15.1. The Morgan fingerprint density at radius 3 is 3.09 bits per heavy atom. The molecule has 0 saturated carbocycles. The number of rotatable bonds is 0. The fraction of sp³-hybridized carbons (Fsp3) is 0.250. The van der Waals surface area contributed by atoms with Crippen molar-refractivity contribution < 1.29 is 9.13 Å². The van der Waals surface area contributed by atoms with E-state index < -0.39 is 0 Å². The van der Waals surface area contributed by atoms with Gasteiger partial charge in [0.25, 0.3) is 0 Å². The van der Waals surface area contributed by atoms with Gasteiger partial charge in [-0.15, -0.1) is 0 Å². The summed E-state index contributed by atoms with van der Waals surface area (Å²) >= 11 is 0. The third-order valence-corrected chi connectivity index (χ3v) is 3.82. The second kappa shape index (κ2) is 4.97. The van der Waals surface area contributed by atoms with Gasteiger partial charge in [0.1, 0.15) is 24.1 Å². The van der Waals surface area contributed by atoms with Crippen LogP contribution in [0.3, 0.4) is 0 Å². The predicted octanol–water partition coefficient (Wildman–Crippen LogP) is 0.959. The highest BCUT2D eigenvalue weighted by molar-refractivity contribution is 5.50.